The van der Waals surface area contributed by atoms with Gasteiger partial charge in [-0.25, -0.2) is 23.1 Å². The maximum atomic E-state index is 14.3. The molecular weight excluding hydrogens is 1040 g/mol. The van der Waals surface area contributed by atoms with Gasteiger partial charge in [0.25, 0.3) is 6.47 Å². The van der Waals surface area contributed by atoms with Gasteiger partial charge < -0.3 is 21.4 Å². The Morgan fingerprint density at radius 1 is 0.641 bits per heavy atom. The second kappa shape index (κ2) is 26.6. The smallest absolute Gasteiger partial charge is 1.00 e. The minimum Gasteiger partial charge on any atom is -1.00 e. The third-order valence-electron chi connectivity index (χ3n) is 8.78. The average molecular weight is 1090 g/mol. The molecule has 1 N–H and O–H groups in total. The number of fused-ring (bicyclic) bond motifs is 2. The first-order chi connectivity index (χ1) is 28.9. The van der Waals surface area contributed by atoms with Crippen molar-refractivity contribution in [1.82, 2.24) is 9.97 Å². The Kier molecular flexibility index (Phi) is 24.3. The predicted molar refractivity (Wildman–Crippen MR) is 252 cm³/mol. The molecule has 0 aliphatic heterocycles. The number of carbonyl (C=O) groups excluding carboxylic acids is 1. The van der Waals surface area contributed by atoms with Crippen LogP contribution < -0.4 is 113 Å². The van der Waals surface area contributed by atoms with Gasteiger partial charge in [0.2, 0.25) is 0 Å². The number of halogens is 5. The molecule has 326 valence electrons. The van der Waals surface area contributed by atoms with Crippen LogP contribution >= 0.6 is 54.5 Å². The van der Waals surface area contributed by atoms with Gasteiger partial charge in [-0.15, -0.1) is 22.7 Å². The number of phenolic OH excluding ortho intramolecular Hbond substituents is 1. The number of hydrogen-bond acceptors (Lipinski definition) is 9. The molecule has 0 atom stereocenters. The molecule has 7 nitrogen and oxygen atoms in total. The SMILES string of the molecule is C.CC(C)(C)c1cc(F)c(Br)c(F)c1.CC(C)(C)c1cc(F)c(Br)c(Oc2ccc(-c3nc4ccccc4s3)cc2)c1.O=CO[O-].Oc1ccc(-c2nc3ccccc3s2)cc1.[H-].[K+].[K+]. The fraction of sp³-hybridized carbons (Fsp3) is 0.188. The van der Waals surface area contributed by atoms with Crippen molar-refractivity contribution in [3.05, 3.63) is 159 Å². The number of ether oxygens (including phenoxy) is 1. The van der Waals surface area contributed by atoms with Crippen molar-refractivity contribution in [1.29, 1.82) is 0 Å². The Morgan fingerprint density at radius 2 is 1.02 bits per heavy atom. The van der Waals surface area contributed by atoms with Crippen molar-refractivity contribution in [2.24, 2.45) is 0 Å². The number of rotatable bonds is 5. The van der Waals surface area contributed by atoms with E-state index in [0.717, 1.165) is 42.4 Å². The van der Waals surface area contributed by atoms with Crippen LogP contribution in [0.5, 0.6) is 17.2 Å². The van der Waals surface area contributed by atoms with Crippen LogP contribution in [0, 0.1) is 17.5 Å². The fourth-order valence-corrected chi connectivity index (χ4v) is 7.93. The van der Waals surface area contributed by atoms with Crippen molar-refractivity contribution >= 4 is 81.4 Å². The van der Waals surface area contributed by atoms with E-state index in [4.69, 9.17) is 14.8 Å². The quantitative estimate of drug-likeness (QED) is 0.0605. The second-order valence-corrected chi connectivity index (χ2v) is 19.0. The topological polar surface area (TPSA) is 105 Å². The van der Waals surface area contributed by atoms with E-state index in [9.17, 15) is 18.3 Å². The summed E-state index contributed by atoms with van der Waals surface area (Å²) < 4.78 is 49.0. The summed E-state index contributed by atoms with van der Waals surface area (Å²) in [6.07, 6.45) is 0. The fourth-order valence-electron chi connectivity index (χ4n) is 5.45. The molecule has 2 aromatic heterocycles. The third-order valence-corrected chi connectivity index (χ3v) is 12.5. The third kappa shape index (κ3) is 16.4. The van der Waals surface area contributed by atoms with Gasteiger partial charge >= 0.3 is 103 Å². The molecule has 8 rings (SSSR count). The standard InChI is InChI=1S/C23H19BrFNOS.C13H9NOS.C10H11BrF2.CH2O3.CH4.2K.H/c1-23(2,3)15-12-17(25)21(24)19(13-15)27-16-10-8-14(9-11-16)22-26-18-6-4-5-7-20(18)28-22;15-10-7-5-9(6-8-10)13-14-11-3-1-2-4-12(11)16-13;1-10(2,3)6-4-7(12)9(11)8(13)5-6;2-1-4-3;;;;/h4-13H,1-3H3;1-8,15H;4-5H,1-3H3;1,3H;1H4;;;/q;;;;;2*+1;-1/p-1. The average Bonchev–Trinajstić information content (AvgIpc) is 3.87. The van der Waals surface area contributed by atoms with E-state index < -0.39 is 11.6 Å². The molecule has 0 unspecified atom stereocenters. The summed E-state index contributed by atoms with van der Waals surface area (Å²) in [7, 11) is 0. The Hall–Kier alpha value is -1.85. The zero-order chi connectivity index (χ0) is 44.5. The Bertz CT molecular complexity index is 2660. The summed E-state index contributed by atoms with van der Waals surface area (Å²) in [5.74, 6) is -0.0260. The number of thiazole rings is 2. The molecule has 0 bridgehead atoms. The van der Waals surface area contributed by atoms with Crippen LogP contribution in [0.3, 0.4) is 0 Å². The molecular formula is C48H45Br2F3K2N2O5S2. The number of carbonyl (C=O) groups is 1. The van der Waals surface area contributed by atoms with Gasteiger partial charge in [0, 0.05) is 11.1 Å². The van der Waals surface area contributed by atoms with E-state index >= 15 is 0 Å². The van der Waals surface area contributed by atoms with Crippen molar-refractivity contribution in [3.8, 4) is 38.4 Å². The van der Waals surface area contributed by atoms with Gasteiger partial charge in [-0.05, 0) is 151 Å². The maximum Gasteiger partial charge on any atom is 1.00 e. The molecule has 0 fully saturated rings. The molecule has 0 aliphatic carbocycles. The summed E-state index contributed by atoms with van der Waals surface area (Å²) in [6, 6.07) is 37.2. The van der Waals surface area contributed by atoms with Crippen molar-refractivity contribution in [2.45, 2.75) is 59.8 Å². The summed E-state index contributed by atoms with van der Waals surface area (Å²) in [4.78, 5) is 20.5. The summed E-state index contributed by atoms with van der Waals surface area (Å²) in [5.41, 5.74) is 5.23. The number of hydrogen-bond donors (Lipinski definition) is 1. The van der Waals surface area contributed by atoms with Gasteiger partial charge in [-0.1, -0.05) is 73.2 Å². The Morgan fingerprint density at radius 3 is 1.41 bits per heavy atom. The monoisotopic (exact) mass is 1090 g/mol. The van der Waals surface area contributed by atoms with E-state index in [0.29, 0.717) is 21.5 Å². The van der Waals surface area contributed by atoms with E-state index in [2.05, 4.69) is 58.8 Å². The molecule has 0 spiro atoms. The van der Waals surface area contributed by atoms with Crippen LogP contribution in [0.4, 0.5) is 13.2 Å². The van der Waals surface area contributed by atoms with Crippen LogP contribution in [-0.4, -0.2) is 21.5 Å². The van der Waals surface area contributed by atoms with E-state index in [1.807, 2.05) is 120 Å². The minimum absolute atomic E-state index is 0. The van der Waals surface area contributed by atoms with Crippen LogP contribution in [-0.2, 0) is 20.5 Å². The van der Waals surface area contributed by atoms with Gasteiger partial charge in [0.15, 0.2) is 0 Å². The molecule has 0 amide bonds. The summed E-state index contributed by atoms with van der Waals surface area (Å²) >= 11 is 9.45. The number of aromatic nitrogens is 2. The molecule has 64 heavy (non-hydrogen) atoms. The molecule has 0 aliphatic rings. The second-order valence-electron chi connectivity index (χ2n) is 15.4. The van der Waals surface area contributed by atoms with Crippen LogP contribution in [0.25, 0.3) is 41.6 Å². The molecule has 6 aromatic carbocycles. The molecule has 0 saturated heterocycles. The zero-order valence-electron chi connectivity index (χ0n) is 36.8. The normalized spacial score (nSPS) is 10.6. The predicted octanol–water partition coefficient (Wildman–Crippen LogP) is 8.84. The number of aromatic hydroxyl groups is 1. The molecule has 2 heterocycles. The minimum atomic E-state index is -0.551. The summed E-state index contributed by atoms with van der Waals surface area (Å²) in [5, 5.41) is 19.6. The van der Waals surface area contributed by atoms with Crippen molar-refractivity contribution in [2.75, 3.05) is 0 Å². The van der Waals surface area contributed by atoms with Gasteiger partial charge in [-0.3, -0.25) is 4.79 Å². The molecule has 0 radical (unpaired) electrons. The maximum absolute atomic E-state index is 14.3. The molecule has 0 saturated carbocycles. The Labute approximate surface area is 483 Å². The first-order valence-electron chi connectivity index (χ1n) is 18.5. The van der Waals surface area contributed by atoms with Crippen molar-refractivity contribution in [3.63, 3.8) is 0 Å². The zero-order valence-corrected chi connectivity index (χ0v) is 46.9. The van der Waals surface area contributed by atoms with Gasteiger partial charge in [0.05, 0.1) is 29.4 Å². The van der Waals surface area contributed by atoms with Crippen LogP contribution in [0.2, 0.25) is 0 Å². The van der Waals surface area contributed by atoms with Gasteiger partial charge in [-0.2, -0.15) is 0 Å². The van der Waals surface area contributed by atoms with Crippen molar-refractivity contribution < 1.29 is 142 Å². The number of benzene rings is 6. The first-order valence-corrected chi connectivity index (χ1v) is 21.8. The van der Waals surface area contributed by atoms with Crippen LogP contribution in [0.15, 0.2) is 130 Å². The Balaban J connectivity index is 0.000000489. The molecule has 8 aromatic rings. The van der Waals surface area contributed by atoms with E-state index in [1.165, 1.54) is 16.8 Å². The largest absolute Gasteiger partial charge is 1.00 e. The molecule has 16 heteroatoms. The number of nitrogens with zero attached hydrogens (tertiary/aromatic N) is 2. The van der Waals surface area contributed by atoms with E-state index in [-0.39, 0.29) is 145 Å². The van der Waals surface area contributed by atoms with Crippen LogP contribution in [0.1, 0.15) is 61.5 Å². The first kappa shape index (κ1) is 58.3. The van der Waals surface area contributed by atoms with Gasteiger partial charge in [0.1, 0.15) is 44.7 Å². The number of para-hydroxylation sites is 2. The van der Waals surface area contributed by atoms with E-state index in [1.54, 1.807) is 40.9 Å². The number of phenols is 1. The summed E-state index contributed by atoms with van der Waals surface area (Å²) in [6.45, 7) is 11.7.